The molecule has 0 spiro atoms. The first-order chi connectivity index (χ1) is 9.45. The highest BCUT2D eigenvalue weighted by molar-refractivity contribution is 9.10. The summed E-state index contributed by atoms with van der Waals surface area (Å²) in [6.45, 7) is 4.17. The summed E-state index contributed by atoms with van der Waals surface area (Å²) < 4.78 is 0.771. The molecule has 1 aromatic heterocycles. The van der Waals surface area contributed by atoms with Crippen LogP contribution in [0.3, 0.4) is 0 Å². The van der Waals surface area contributed by atoms with Crippen LogP contribution < -0.4 is 5.73 Å². The molecular formula is C15H13BrClN3. The van der Waals surface area contributed by atoms with E-state index < -0.39 is 0 Å². The van der Waals surface area contributed by atoms with E-state index in [2.05, 4.69) is 51.9 Å². The molecule has 0 aliphatic rings. The van der Waals surface area contributed by atoms with Crippen molar-refractivity contribution in [2.75, 3.05) is 5.73 Å². The van der Waals surface area contributed by atoms with Crippen molar-refractivity contribution in [3.63, 3.8) is 0 Å². The summed E-state index contributed by atoms with van der Waals surface area (Å²) in [6, 6.07) is 7.92. The van der Waals surface area contributed by atoms with Crippen LogP contribution >= 0.6 is 27.5 Å². The van der Waals surface area contributed by atoms with Crippen molar-refractivity contribution in [2.24, 2.45) is 0 Å². The molecule has 0 aliphatic heterocycles. The predicted molar refractivity (Wildman–Crippen MR) is 88.1 cm³/mol. The number of aromatic amines is 1. The molecule has 0 radical (unpaired) electrons. The van der Waals surface area contributed by atoms with Gasteiger partial charge in [-0.1, -0.05) is 11.6 Å². The first-order valence-electron chi connectivity index (χ1n) is 6.17. The van der Waals surface area contributed by atoms with Crippen molar-refractivity contribution >= 4 is 44.3 Å². The summed E-state index contributed by atoms with van der Waals surface area (Å²) in [5.74, 6) is 0.785. The van der Waals surface area contributed by atoms with Gasteiger partial charge in [-0.05, 0) is 65.2 Å². The lowest BCUT2D eigenvalue weighted by Gasteiger charge is -2.04. The third kappa shape index (κ3) is 2.19. The number of nitrogens with one attached hydrogen (secondary N) is 1. The number of nitrogens with two attached hydrogens (primary N) is 1. The summed E-state index contributed by atoms with van der Waals surface area (Å²) >= 11 is 9.53. The highest BCUT2D eigenvalue weighted by Gasteiger charge is 2.10. The maximum absolute atomic E-state index is 6.12. The maximum Gasteiger partial charge on any atom is 0.138 e. The minimum atomic E-state index is 0.516. The van der Waals surface area contributed by atoms with Gasteiger partial charge in [-0.25, -0.2) is 4.98 Å². The van der Waals surface area contributed by atoms with Gasteiger partial charge in [0.25, 0.3) is 0 Å². The van der Waals surface area contributed by atoms with Crippen LogP contribution in [0.25, 0.3) is 22.4 Å². The second-order valence-electron chi connectivity index (χ2n) is 4.89. The van der Waals surface area contributed by atoms with Gasteiger partial charge in [-0.2, -0.15) is 0 Å². The van der Waals surface area contributed by atoms with Crippen LogP contribution in [0, 0.1) is 13.8 Å². The highest BCUT2D eigenvalue weighted by atomic mass is 79.9. The fourth-order valence-corrected chi connectivity index (χ4v) is 2.92. The number of hydrogen-bond donors (Lipinski definition) is 2. The van der Waals surface area contributed by atoms with Crippen molar-refractivity contribution in [1.29, 1.82) is 0 Å². The van der Waals surface area contributed by atoms with Crippen molar-refractivity contribution in [2.45, 2.75) is 13.8 Å². The van der Waals surface area contributed by atoms with Crippen molar-refractivity contribution in [1.82, 2.24) is 9.97 Å². The molecule has 0 saturated heterocycles. The van der Waals surface area contributed by atoms with Gasteiger partial charge < -0.3 is 10.7 Å². The van der Waals surface area contributed by atoms with Crippen molar-refractivity contribution < 1.29 is 0 Å². The molecule has 0 amide bonds. The van der Waals surface area contributed by atoms with E-state index in [1.807, 2.05) is 12.1 Å². The number of aryl methyl sites for hydroxylation is 2. The summed E-state index contributed by atoms with van der Waals surface area (Å²) in [4.78, 5) is 7.94. The fraction of sp³-hybridized carbons (Fsp3) is 0.133. The van der Waals surface area contributed by atoms with Gasteiger partial charge in [0, 0.05) is 10.0 Å². The number of hydrogen-bond acceptors (Lipinski definition) is 2. The molecule has 3 nitrogen and oxygen atoms in total. The maximum atomic E-state index is 6.12. The van der Waals surface area contributed by atoms with E-state index >= 15 is 0 Å². The molecule has 0 unspecified atom stereocenters. The Morgan fingerprint density at radius 2 is 1.85 bits per heavy atom. The lowest BCUT2D eigenvalue weighted by atomic mass is 10.1. The first kappa shape index (κ1) is 13.5. The molecule has 0 bridgehead atoms. The van der Waals surface area contributed by atoms with E-state index in [0.717, 1.165) is 26.9 Å². The predicted octanol–water partition coefficient (Wildman–Crippen LogP) is 4.84. The van der Waals surface area contributed by atoms with E-state index in [0.29, 0.717) is 10.7 Å². The van der Waals surface area contributed by atoms with E-state index in [9.17, 15) is 0 Å². The second kappa shape index (κ2) is 4.79. The molecular weight excluding hydrogens is 338 g/mol. The van der Waals surface area contributed by atoms with Gasteiger partial charge in [0.15, 0.2) is 0 Å². The van der Waals surface area contributed by atoms with Crippen LogP contribution in [0.1, 0.15) is 11.1 Å². The smallest absolute Gasteiger partial charge is 0.138 e. The van der Waals surface area contributed by atoms with Crippen LogP contribution in [-0.2, 0) is 0 Å². The lowest BCUT2D eigenvalue weighted by molar-refractivity contribution is 1.33. The van der Waals surface area contributed by atoms with Gasteiger partial charge in [0.1, 0.15) is 5.82 Å². The molecule has 0 aliphatic carbocycles. The number of halogens is 2. The fourth-order valence-electron chi connectivity index (χ4n) is 2.13. The van der Waals surface area contributed by atoms with E-state index in [1.165, 1.54) is 11.1 Å². The number of benzene rings is 2. The van der Waals surface area contributed by atoms with E-state index in [-0.39, 0.29) is 0 Å². The minimum absolute atomic E-state index is 0.516. The van der Waals surface area contributed by atoms with Crippen LogP contribution in [-0.4, -0.2) is 9.97 Å². The second-order valence-corrected chi connectivity index (χ2v) is 6.15. The molecule has 5 heteroatoms. The Bertz CT molecular complexity index is 761. The molecule has 0 atom stereocenters. The Hall–Kier alpha value is -1.52. The number of imidazole rings is 1. The first-order valence-corrected chi connectivity index (χ1v) is 7.34. The Kier molecular flexibility index (Phi) is 3.22. The molecule has 3 N–H and O–H groups in total. The summed E-state index contributed by atoms with van der Waals surface area (Å²) in [5.41, 5.74) is 11.7. The molecule has 3 aromatic rings. The molecule has 102 valence electrons. The quantitative estimate of drug-likeness (QED) is 0.617. The molecule has 3 rings (SSSR count). The molecule has 2 aromatic carbocycles. The summed E-state index contributed by atoms with van der Waals surface area (Å²) in [7, 11) is 0. The Labute approximate surface area is 130 Å². The zero-order valence-electron chi connectivity index (χ0n) is 11.1. The normalized spacial score (nSPS) is 11.2. The Morgan fingerprint density at radius 1 is 1.15 bits per heavy atom. The van der Waals surface area contributed by atoms with Gasteiger partial charge in [0.2, 0.25) is 0 Å². The zero-order chi connectivity index (χ0) is 14.4. The van der Waals surface area contributed by atoms with E-state index in [4.69, 9.17) is 17.3 Å². The highest BCUT2D eigenvalue weighted by Crippen LogP contribution is 2.33. The zero-order valence-corrected chi connectivity index (χ0v) is 13.4. The third-order valence-corrected chi connectivity index (χ3v) is 4.42. The van der Waals surface area contributed by atoms with Gasteiger partial charge in [0.05, 0.1) is 21.7 Å². The topological polar surface area (TPSA) is 54.7 Å². The number of H-pyrrole nitrogens is 1. The number of nitrogens with zero attached hydrogens (tertiary/aromatic N) is 1. The standard InChI is InChI=1S/C15H13BrClN3/c1-7-3-12-13(4-8(7)2)20-15(19-12)9-5-10(16)14(18)11(17)6-9/h3-6H,18H2,1-2H3,(H,19,20). The Balaban J connectivity index is 2.20. The Morgan fingerprint density at radius 3 is 2.55 bits per heavy atom. The number of fused-ring (bicyclic) bond motifs is 1. The number of aromatic nitrogens is 2. The number of anilines is 1. The van der Waals surface area contributed by atoms with Crippen molar-refractivity contribution in [3.05, 3.63) is 44.9 Å². The van der Waals surface area contributed by atoms with Crippen LogP contribution in [0.4, 0.5) is 5.69 Å². The number of rotatable bonds is 1. The summed E-state index contributed by atoms with van der Waals surface area (Å²) in [6.07, 6.45) is 0. The average Bonchev–Trinajstić information content (AvgIpc) is 2.79. The van der Waals surface area contributed by atoms with Crippen LogP contribution in [0.5, 0.6) is 0 Å². The lowest BCUT2D eigenvalue weighted by Crippen LogP contribution is -1.90. The largest absolute Gasteiger partial charge is 0.397 e. The average molecular weight is 351 g/mol. The van der Waals surface area contributed by atoms with Crippen molar-refractivity contribution in [3.8, 4) is 11.4 Å². The molecule has 20 heavy (non-hydrogen) atoms. The molecule has 1 heterocycles. The van der Waals surface area contributed by atoms with Gasteiger partial charge in [-0.3, -0.25) is 0 Å². The SMILES string of the molecule is Cc1cc2nc(-c3cc(Cl)c(N)c(Br)c3)[nH]c2cc1C. The van der Waals surface area contributed by atoms with Gasteiger partial charge >= 0.3 is 0 Å². The molecule has 0 saturated carbocycles. The van der Waals surface area contributed by atoms with E-state index in [1.54, 1.807) is 0 Å². The summed E-state index contributed by atoms with van der Waals surface area (Å²) in [5, 5.41) is 0.516. The number of nitrogen functional groups attached to an aromatic ring is 1. The molecule has 0 fully saturated rings. The minimum Gasteiger partial charge on any atom is -0.397 e. The third-order valence-electron chi connectivity index (χ3n) is 3.45. The van der Waals surface area contributed by atoms with Crippen LogP contribution in [0.2, 0.25) is 5.02 Å². The van der Waals surface area contributed by atoms with Crippen LogP contribution in [0.15, 0.2) is 28.7 Å². The monoisotopic (exact) mass is 349 g/mol. The van der Waals surface area contributed by atoms with Gasteiger partial charge in [-0.15, -0.1) is 0 Å².